The van der Waals surface area contributed by atoms with Gasteiger partial charge in [0, 0.05) is 25.4 Å². The molecule has 0 bridgehead atoms. The number of benzene rings is 1. The molecule has 4 aromatic rings. The number of β-amino-alcohol motifs (C(OH)–C–C–N with tert-alkyl or cyclic N) is 1. The zero-order chi connectivity index (χ0) is 26.8. The summed E-state index contributed by atoms with van der Waals surface area (Å²) in [5.74, 6) is -0.710. The number of alkyl halides is 3. The third-order valence-electron chi connectivity index (χ3n) is 5.58. The van der Waals surface area contributed by atoms with E-state index in [0.29, 0.717) is 30.5 Å². The van der Waals surface area contributed by atoms with Crippen molar-refractivity contribution in [2.75, 3.05) is 18.8 Å². The van der Waals surface area contributed by atoms with Gasteiger partial charge in [-0.3, -0.25) is 4.98 Å². The lowest BCUT2D eigenvalue weighted by Crippen LogP contribution is -2.42. The number of nitrogens with zero attached hydrogens (tertiary/aromatic N) is 5. The first-order valence-electron chi connectivity index (χ1n) is 11.0. The molecule has 0 saturated carbocycles. The van der Waals surface area contributed by atoms with E-state index in [1.54, 1.807) is 30.3 Å². The van der Waals surface area contributed by atoms with Crippen molar-refractivity contribution in [2.24, 2.45) is 0 Å². The van der Waals surface area contributed by atoms with Crippen molar-refractivity contribution in [3.63, 3.8) is 0 Å². The number of nitrogen functional groups attached to an aromatic ring is 1. The molecule has 14 heteroatoms. The van der Waals surface area contributed by atoms with Crippen LogP contribution in [0.3, 0.4) is 0 Å². The number of sulfonamides is 1. The van der Waals surface area contributed by atoms with Gasteiger partial charge in [0.05, 0.1) is 34.1 Å². The first-order valence-corrected chi connectivity index (χ1v) is 12.5. The lowest BCUT2D eigenvalue weighted by molar-refractivity contribution is -0.137. The molecule has 0 amide bonds. The molecule has 1 aliphatic rings. The molecule has 1 fully saturated rings. The Morgan fingerprint density at radius 3 is 2.41 bits per heavy atom. The van der Waals surface area contributed by atoms with Crippen LogP contribution in [0.4, 0.5) is 23.5 Å². The van der Waals surface area contributed by atoms with Gasteiger partial charge in [-0.15, -0.1) is 5.10 Å². The van der Waals surface area contributed by atoms with Crippen molar-refractivity contribution < 1.29 is 31.1 Å². The SMILES string of the molecule is Nc1ncc2c(F)cc(-c3ccc(C(F)(F)F)cn3)n2n1.O=S(=O)(c1ccccc1)N1CCCC(O)C1. The Bertz CT molecular complexity index is 1480. The quantitative estimate of drug-likeness (QED) is 0.383. The topological polar surface area (TPSA) is 127 Å². The lowest BCUT2D eigenvalue weighted by atomic mass is 10.1. The average Bonchev–Trinajstić information content (AvgIpc) is 3.20. The van der Waals surface area contributed by atoms with E-state index >= 15 is 0 Å². The number of piperidine rings is 1. The Hall–Kier alpha value is -3.62. The molecule has 3 aromatic heterocycles. The number of aliphatic hydroxyl groups is 1. The molecule has 1 aliphatic heterocycles. The van der Waals surface area contributed by atoms with Crippen molar-refractivity contribution >= 4 is 21.5 Å². The van der Waals surface area contributed by atoms with Crippen LogP contribution in [0.25, 0.3) is 16.9 Å². The van der Waals surface area contributed by atoms with E-state index in [4.69, 9.17) is 5.73 Å². The highest BCUT2D eigenvalue weighted by Crippen LogP contribution is 2.30. The number of aromatic nitrogens is 4. The fourth-order valence-corrected chi connectivity index (χ4v) is 5.28. The highest BCUT2D eigenvalue weighted by Gasteiger charge is 2.31. The van der Waals surface area contributed by atoms with Gasteiger partial charge >= 0.3 is 6.18 Å². The van der Waals surface area contributed by atoms with Crippen molar-refractivity contribution in [1.82, 2.24) is 23.9 Å². The Kier molecular flexibility index (Phi) is 7.43. The minimum absolute atomic E-state index is 0.0564. The van der Waals surface area contributed by atoms with Crippen LogP contribution in [-0.4, -0.2) is 56.6 Å². The van der Waals surface area contributed by atoms with Gasteiger partial charge in [-0.2, -0.15) is 17.5 Å². The molecule has 37 heavy (non-hydrogen) atoms. The molecule has 5 rings (SSSR count). The summed E-state index contributed by atoms with van der Waals surface area (Å²) in [5.41, 5.74) is 4.92. The normalized spacial score (nSPS) is 16.8. The Balaban J connectivity index is 0.000000180. The number of nitrogens with two attached hydrogens (primary N) is 1. The van der Waals surface area contributed by atoms with Crippen LogP contribution < -0.4 is 5.73 Å². The van der Waals surface area contributed by atoms with E-state index in [-0.39, 0.29) is 29.4 Å². The van der Waals surface area contributed by atoms with Gasteiger partial charge in [0.15, 0.2) is 5.82 Å². The maximum atomic E-state index is 13.7. The summed E-state index contributed by atoms with van der Waals surface area (Å²) in [4.78, 5) is 7.65. The molecular weight excluding hydrogens is 516 g/mol. The third kappa shape index (κ3) is 5.87. The monoisotopic (exact) mass is 538 g/mol. The minimum Gasteiger partial charge on any atom is -0.392 e. The van der Waals surface area contributed by atoms with E-state index in [1.165, 1.54) is 10.5 Å². The van der Waals surface area contributed by atoms with Crippen LogP contribution >= 0.6 is 0 Å². The van der Waals surface area contributed by atoms with Crippen molar-refractivity contribution in [1.29, 1.82) is 0 Å². The number of rotatable bonds is 3. The summed E-state index contributed by atoms with van der Waals surface area (Å²) in [6.07, 6.45) is -1.76. The van der Waals surface area contributed by atoms with Crippen LogP contribution in [0.1, 0.15) is 18.4 Å². The molecule has 0 aliphatic carbocycles. The maximum absolute atomic E-state index is 13.7. The molecule has 1 saturated heterocycles. The van der Waals surface area contributed by atoms with Gasteiger partial charge in [0.1, 0.15) is 5.52 Å². The smallest absolute Gasteiger partial charge is 0.392 e. The molecule has 1 atom stereocenters. The van der Waals surface area contributed by atoms with Crippen LogP contribution in [0.15, 0.2) is 65.8 Å². The molecule has 1 unspecified atom stereocenters. The molecule has 9 nitrogen and oxygen atoms in total. The maximum Gasteiger partial charge on any atom is 0.417 e. The number of hydrogen-bond donors (Lipinski definition) is 2. The second-order valence-electron chi connectivity index (χ2n) is 8.19. The average molecular weight is 539 g/mol. The Morgan fingerprint density at radius 2 is 1.78 bits per heavy atom. The second kappa shape index (κ2) is 10.4. The molecule has 196 valence electrons. The molecular formula is C23H22F4N6O3S. The summed E-state index contributed by atoms with van der Waals surface area (Å²) >= 11 is 0. The number of anilines is 1. The van der Waals surface area contributed by atoms with Gasteiger partial charge in [-0.1, -0.05) is 18.2 Å². The van der Waals surface area contributed by atoms with Gasteiger partial charge in [0.2, 0.25) is 16.0 Å². The van der Waals surface area contributed by atoms with E-state index in [1.807, 2.05) is 0 Å². The number of fused-ring (bicyclic) bond motifs is 1. The van der Waals surface area contributed by atoms with Crippen molar-refractivity contribution in [3.05, 3.63) is 72.3 Å². The van der Waals surface area contributed by atoms with Crippen LogP contribution in [-0.2, 0) is 16.2 Å². The van der Waals surface area contributed by atoms with E-state index < -0.39 is 33.7 Å². The van der Waals surface area contributed by atoms with Crippen LogP contribution in [0.2, 0.25) is 0 Å². The third-order valence-corrected chi connectivity index (χ3v) is 7.46. The molecule has 0 spiro atoms. The molecule has 0 radical (unpaired) electrons. The zero-order valence-corrected chi connectivity index (χ0v) is 20.0. The number of halogens is 4. The standard InChI is InChI=1S/C12H7F4N5.C11H15NO3S/c13-7-3-9(21-10(7)5-19-11(17)20-21)8-2-1-6(4-18-8)12(14,15)16;13-10-5-4-8-12(9-10)16(14,15)11-6-2-1-3-7-11/h1-5H,(H2,17,20);1-3,6-7,10,13H,4-5,8-9H2. The summed E-state index contributed by atoms with van der Waals surface area (Å²) in [6, 6.07) is 11.5. The van der Waals surface area contributed by atoms with Gasteiger partial charge in [-0.05, 0) is 37.1 Å². The predicted molar refractivity (Wildman–Crippen MR) is 126 cm³/mol. The summed E-state index contributed by atoms with van der Waals surface area (Å²) < 4.78 is 78.0. The summed E-state index contributed by atoms with van der Waals surface area (Å²) in [5, 5.41) is 13.3. The highest BCUT2D eigenvalue weighted by atomic mass is 32.2. The summed E-state index contributed by atoms with van der Waals surface area (Å²) in [6.45, 7) is 0.700. The number of hydrogen-bond acceptors (Lipinski definition) is 7. The highest BCUT2D eigenvalue weighted by molar-refractivity contribution is 7.89. The largest absolute Gasteiger partial charge is 0.417 e. The summed E-state index contributed by atoms with van der Waals surface area (Å²) in [7, 11) is -3.42. The van der Waals surface area contributed by atoms with Crippen molar-refractivity contribution in [3.8, 4) is 11.4 Å². The van der Waals surface area contributed by atoms with Gasteiger partial charge < -0.3 is 10.8 Å². The zero-order valence-electron chi connectivity index (χ0n) is 19.2. The first-order chi connectivity index (χ1) is 17.5. The second-order valence-corrected chi connectivity index (χ2v) is 10.1. The van der Waals surface area contributed by atoms with Crippen LogP contribution in [0.5, 0.6) is 0 Å². The Labute approximate surface area is 209 Å². The predicted octanol–water partition coefficient (Wildman–Crippen LogP) is 3.36. The fourth-order valence-electron chi connectivity index (χ4n) is 3.74. The van der Waals surface area contributed by atoms with Gasteiger partial charge in [0.25, 0.3) is 0 Å². The lowest BCUT2D eigenvalue weighted by Gasteiger charge is -2.29. The first kappa shape index (κ1) is 26.4. The number of aliphatic hydroxyl groups excluding tert-OH is 1. The Morgan fingerprint density at radius 1 is 1.05 bits per heavy atom. The van der Waals surface area contributed by atoms with E-state index in [9.17, 15) is 31.1 Å². The fraction of sp³-hybridized carbons (Fsp3) is 0.261. The molecule has 1 aromatic carbocycles. The minimum atomic E-state index is -4.48. The van der Waals surface area contributed by atoms with Crippen LogP contribution in [0, 0.1) is 5.82 Å². The molecule has 4 heterocycles. The van der Waals surface area contributed by atoms with E-state index in [0.717, 1.165) is 22.7 Å². The van der Waals surface area contributed by atoms with E-state index in [2.05, 4.69) is 15.1 Å². The molecule has 3 N–H and O–H groups in total. The number of pyridine rings is 1. The van der Waals surface area contributed by atoms with Gasteiger partial charge in [-0.25, -0.2) is 22.3 Å². The van der Waals surface area contributed by atoms with Crippen molar-refractivity contribution in [2.45, 2.75) is 30.0 Å².